The number of halogens is 1. The Labute approximate surface area is 96.2 Å². The van der Waals surface area contributed by atoms with Gasteiger partial charge in [0, 0.05) is 12.1 Å². The highest BCUT2D eigenvalue weighted by Gasteiger charge is 2.21. The molecular formula is C13H19FN2. The van der Waals surface area contributed by atoms with Crippen molar-refractivity contribution in [2.75, 3.05) is 13.1 Å². The maximum absolute atomic E-state index is 13.1. The van der Waals surface area contributed by atoms with Gasteiger partial charge >= 0.3 is 0 Å². The molecule has 0 amide bonds. The molecule has 88 valence electrons. The van der Waals surface area contributed by atoms with Crippen molar-refractivity contribution in [1.29, 1.82) is 0 Å². The summed E-state index contributed by atoms with van der Waals surface area (Å²) in [6, 6.07) is 7.74. The summed E-state index contributed by atoms with van der Waals surface area (Å²) in [4.78, 5) is 0. The number of rotatable bonds is 3. The number of piperidine rings is 1. The van der Waals surface area contributed by atoms with Crippen LogP contribution in [0.4, 0.5) is 4.39 Å². The monoisotopic (exact) mass is 222 g/mol. The zero-order valence-electron chi connectivity index (χ0n) is 9.67. The molecule has 1 aromatic carbocycles. The molecular weight excluding hydrogens is 203 g/mol. The molecule has 1 heterocycles. The highest BCUT2D eigenvalue weighted by Crippen LogP contribution is 2.23. The standard InChI is InChI=1S/C13H19FN2/c1-2-15-12-6-7-16-13(9-12)10-4-3-5-11(14)8-10/h3-5,8,12-13,15-16H,2,6-7,9H2,1H3/t12-,13+/m1/s1. The van der Waals surface area contributed by atoms with E-state index in [0.717, 1.165) is 31.5 Å². The van der Waals surface area contributed by atoms with E-state index in [4.69, 9.17) is 0 Å². The lowest BCUT2D eigenvalue weighted by atomic mass is 9.94. The summed E-state index contributed by atoms with van der Waals surface area (Å²) in [6.45, 7) is 4.12. The Morgan fingerprint density at radius 2 is 2.38 bits per heavy atom. The summed E-state index contributed by atoms with van der Waals surface area (Å²) in [7, 11) is 0. The molecule has 3 heteroatoms. The van der Waals surface area contributed by atoms with Gasteiger partial charge in [-0.05, 0) is 43.6 Å². The van der Waals surface area contributed by atoms with E-state index in [9.17, 15) is 4.39 Å². The smallest absolute Gasteiger partial charge is 0.123 e. The first kappa shape index (κ1) is 11.6. The molecule has 1 aliphatic rings. The predicted molar refractivity (Wildman–Crippen MR) is 63.8 cm³/mol. The number of hydrogen-bond donors (Lipinski definition) is 2. The normalized spacial score (nSPS) is 25.6. The summed E-state index contributed by atoms with van der Waals surface area (Å²) in [5.41, 5.74) is 1.06. The average molecular weight is 222 g/mol. The molecule has 1 aromatic rings. The van der Waals surface area contributed by atoms with Crippen molar-refractivity contribution in [3.8, 4) is 0 Å². The Balaban J connectivity index is 2.03. The molecule has 0 bridgehead atoms. The van der Waals surface area contributed by atoms with Gasteiger partial charge in [0.2, 0.25) is 0 Å². The van der Waals surface area contributed by atoms with E-state index in [1.165, 1.54) is 6.07 Å². The van der Waals surface area contributed by atoms with Crippen molar-refractivity contribution >= 4 is 0 Å². The fourth-order valence-corrected chi connectivity index (χ4v) is 2.37. The maximum atomic E-state index is 13.1. The highest BCUT2D eigenvalue weighted by molar-refractivity contribution is 5.21. The van der Waals surface area contributed by atoms with Crippen LogP contribution < -0.4 is 10.6 Å². The number of nitrogens with one attached hydrogen (secondary N) is 2. The lowest BCUT2D eigenvalue weighted by Gasteiger charge is -2.31. The van der Waals surface area contributed by atoms with Crippen molar-refractivity contribution in [2.24, 2.45) is 0 Å². The Morgan fingerprint density at radius 3 is 3.12 bits per heavy atom. The Hall–Kier alpha value is -0.930. The van der Waals surface area contributed by atoms with E-state index in [1.807, 2.05) is 6.07 Å². The van der Waals surface area contributed by atoms with E-state index < -0.39 is 0 Å². The van der Waals surface area contributed by atoms with Crippen LogP contribution in [0.3, 0.4) is 0 Å². The molecule has 2 N–H and O–H groups in total. The SMILES string of the molecule is CCN[C@@H]1CCN[C@H](c2cccc(F)c2)C1. The van der Waals surface area contributed by atoms with Gasteiger partial charge in [0.25, 0.3) is 0 Å². The van der Waals surface area contributed by atoms with E-state index in [1.54, 1.807) is 12.1 Å². The highest BCUT2D eigenvalue weighted by atomic mass is 19.1. The quantitative estimate of drug-likeness (QED) is 0.819. The van der Waals surface area contributed by atoms with Crippen LogP contribution in [0.25, 0.3) is 0 Å². The molecule has 2 rings (SSSR count). The minimum atomic E-state index is -0.148. The van der Waals surface area contributed by atoms with E-state index in [0.29, 0.717) is 6.04 Å². The van der Waals surface area contributed by atoms with Crippen molar-refractivity contribution < 1.29 is 4.39 Å². The van der Waals surface area contributed by atoms with Gasteiger partial charge in [-0.25, -0.2) is 4.39 Å². The first-order chi connectivity index (χ1) is 7.79. The van der Waals surface area contributed by atoms with Crippen LogP contribution in [-0.2, 0) is 0 Å². The zero-order valence-corrected chi connectivity index (χ0v) is 9.67. The van der Waals surface area contributed by atoms with E-state index in [-0.39, 0.29) is 11.9 Å². The third-order valence-corrected chi connectivity index (χ3v) is 3.15. The zero-order chi connectivity index (χ0) is 11.4. The molecule has 0 radical (unpaired) electrons. The Bertz CT molecular complexity index is 338. The van der Waals surface area contributed by atoms with Crippen LogP contribution in [0.1, 0.15) is 31.4 Å². The second kappa shape index (κ2) is 5.41. The van der Waals surface area contributed by atoms with Gasteiger partial charge in [-0.1, -0.05) is 19.1 Å². The first-order valence-corrected chi connectivity index (χ1v) is 6.02. The second-order valence-corrected chi connectivity index (χ2v) is 4.34. The van der Waals surface area contributed by atoms with Crippen LogP contribution in [0.2, 0.25) is 0 Å². The van der Waals surface area contributed by atoms with Crippen molar-refractivity contribution in [2.45, 2.75) is 31.8 Å². The molecule has 2 atom stereocenters. The van der Waals surface area contributed by atoms with Gasteiger partial charge in [0.05, 0.1) is 0 Å². The minimum absolute atomic E-state index is 0.148. The Morgan fingerprint density at radius 1 is 1.50 bits per heavy atom. The van der Waals surface area contributed by atoms with Crippen LogP contribution in [0, 0.1) is 5.82 Å². The summed E-state index contributed by atoms with van der Waals surface area (Å²) in [5.74, 6) is -0.148. The van der Waals surface area contributed by atoms with Gasteiger partial charge in [-0.3, -0.25) is 0 Å². The molecule has 2 nitrogen and oxygen atoms in total. The minimum Gasteiger partial charge on any atom is -0.314 e. The van der Waals surface area contributed by atoms with Crippen LogP contribution >= 0.6 is 0 Å². The number of hydrogen-bond acceptors (Lipinski definition) is 2. The molecule has 16 heavy (non-hydrogen) atoms. The molecule has 1 fully saturated rings. The topological polar surface area (TPSA) is 24.1 Å². The van der Waals surface area contributed by atoms with Crippen LogP contribution in [-0.4, -0.2) is 19.1 Å². The van der Waals surface area contributed by atoms with Crippen molar-refractivity contribution in [3.05, 3.63) is 35.6 Å². The van der Waals surface area contributed by atoms with Gasteiger partial charge < -0.3 is 10.6 Å². The maximum Gasteiger partial charge on any atom is 0.123 e. The van der Waals surface area contributed by atoms with Crippen LogP contribution in [0.15, 0.2) is 24.3 Å². The Kier molecular flexibility index (Phi) is 3.91. The van der Waals surface area contributed by atoms with Crippen molar-refractivity contribution in [3.63, 3.8) is 0 Å². The van der Waals surface area contributed by atoms with Gasteiger partial charge in [0.15, 0.2) is 0 Å². The predicted octanol–water partition coefficient (Wildman–Crippen LogP) is 2.23. The van der Waals surface area contributed by atoms with Crippen molar-refractivity contribution in [1.82, 2.24) is 10.6 Å². The molecule has 1 aliphatic heterocycles. The van der Waals surface area contributed by atoms with E-state index >= 15 is 0 Å². The summed E-state index contributed by atoms with van der Waals surface area (Å²) >= 11 is 0. The summed E-state index contributed by atoms with van der Waals surface area (Å²) < 4.78 is 13.1. The summed E-state index contributed by atoms with van der Waals surface area (Å²) in [5, 5.41) is 6.91. The van der Waals surface area contributed by atoms with Crippen LogP contribution in [0.5, 0.6) is 0 Å². The molecule has 0 aliphatic carbocycles. The summed E-state index contributed by atoms with van der Waals surface area (Å²) in [6.07, 6.45) is 2.19. The molecule has 1 saturated heterocycles. The lowest BCUT2D eigenvalue weighted by molar-refractivity contribution is 0.327. The second-order valence-electron chi connectivity index (χ2n) is 4.34. The van der Waals surface area contributed by atoms with Gasteiger partial charge in [-0.2, -0.15) is 0 Å². The third-order valence-electron chi connectivity index (χ3n) is 3.15. The molecule has 0 unspecified atom stereocenters. The molecule has 0 aromatic heterocycles. The van der Waals surface area contributed by atoms with Gasteiger partial charge in [-0.15, -0.1) is 0 Å². The molecule has 0 spiro atoms. The molecule has 0 saturated carbocycles. The largest absolute Gasteiger partial charge is 0.314 e. The van der Waals surface area contributed by atoms with Gasteiger partial charge in [0.1, 0.15) is 5.82 Å². The fourth-order valence-electron chi connectivity index (χ4n) is 2.37. The van der Waals surface area contributed by atoms with E-state index in [2.05, 4.69) is 17.6 Å². The number of benzene rings is 1. The fraction of sp³-hybridized carbons (Fsp3) is 0.538. The average Bonchev–Trinajstić information content (AvgIpc) is 2.30. The lowest BCUT2D eigenvalue weighted by Crippen LogP contribution is -2.41. The first-order valence-electron chi connectivity index (χ1n) is 6.02. The third kappa shape index (κ3) is 2.80.